The molecule has 1 N–H and O–H groups in total. The standard InChI is InChI=1S/C9H11NO4S/c1-10-5-15(11,12)7-2-3-8-9(4-7)14-6-13-8/h2-4,10H,5-6H2,1H3. The zero-order valence-corrected chi connectivity index (χ0v) is 9.00. The van der Waals surface area contributed by atoms with Gasteiger partial charge in [0.2, 0.25) is 6.79 Å². The van der Waals surface area contributed by atoms with Gasteiger partial charge in [0.1, 0.15) is 5.88 Å². The van der Waals surface area contributed by atoms with Crippen LogP contribution in [0.2, 0.25) is 0 Å². The van der Waals surface area contributed by atoms with E-state index in [-0.39, 0.29) is 17.6 Å². The van der Waals surface area contributed by atoms with Gasteiger partial charge in [0.25, 0.3) is 0 Å². The van der Waals surface area contributed by atoms with E-state index in [1.807, 2.05) is 0 Å². The third-order valence-electron chi connectivity index (χ3n) is 2.04. The van der Waals surface area contributed by atoms with E-state index in [1.54, 1.807) is 13.1 Å². The maximum absolute atomic E-state index is 11.7. The van der Waals surface area contributed by atoms with Crippen LogP contribution in [0.5, 0.6) is 11.5 Å². The average Bonchev–Trinajstić information content (AvgIpc) is 2.63. The first-order valence-corrected chi connectivity index (χ1v) is 6.06. The minimum atomic E-state index is -3.28. The third-order valence-corrected chi connectivity index (χ3v) is 3.68. The van der Waals surface area contributed by atoms with Crippen molar-refractivity contribution in [3.63, 3.8) is 0 Å². The lowest BCUT2D eigenvalue weighted by atomic mass is 10.3. The molecule has 0 aromatic heterocycles. The van der Waals surface area contributed by atoms with E-state index in [9.17, 15) is 8.42 Å². The SMILES string of the molecule is CNCS(=O)(=O)c1ccc2c(c1)OCO2. The normalized spacial score (nSPS) is 14.2. The highest BCUT2D eigenvalue weighted by molar-refractivity contribution is 7.91. The van der Waals surface area contributed by atoms with Gasteiger partial charge in [-0.15, -0.1) is 0 Å². The second-order valence-corrected chi connectivity index (χ2v) is 5.12. The summed E-state index contributed by atoms with van der Waals surface area (Å²) in [4.78, 5) is 0.237. The summed E-state index contributed by atoms with van der Waals surface area (Å²) in [5, 5.41) is 2.61. The Labute approximate surface area is 87.9 Å². The van der Waals surface area contributed by atoms with Crippen molar-refractivity contribution in [3.05, 3.63) is 18.2 Å². The van der Waals surface area contributed by atoms with Crippen molar-refractivity contribution in [1.82, 2.24) is 5.32 Å². The Bertz CT molecular complexity index is 469. The topological polar surface area (TPSA) is 64.6 Å². The second-order valence-electron chi connectivity index (χ2n) is 3.13. The maximum atomic E-state index is 11.7. The minimum absolute atomic E-state index is 0.0906. The summed E-state index contributed by atoms with van der Waals surface area (Å²) in [6, 6.07) is 4.60. The van der Waals surface area contributed by atoms with Crippen molar-refractivity contribution in [1.29, 1.82) is 0 Å². The fourth-order valence-corrected chi connectivity index (χ4v) is 2.45. The van der Waals surface area contributed by atoms with Gasteiger partial charge in [-0.3, -0.25) is 0 Å². The molecule has 0 amide bonds. The largest absolute Gasteiger partial charge is 0.454 e. The molecule has 2 rings (SSSR count). The lowest BCUT2D eigenvalue weighted by Crippen LogP contribution is -2.18. The molecule has 1 aromatic rings. The highest BCUT2D eigenvalue weighted by Crippen LogP contribution is 2.33. The Kier molecular flexibility index (Phi) is 2.54. The Morgan fingerprint density at radius 3 is 2.80 bits per heavy atom. The van der Waals surface area contributed by atoms with Crippen LogP contribution in [0.25, 0.3) is 0 Å². The molecule has 15 heavy (non-hydrogen) atoms. The molecule has 1 aromatic carbocycles. The van der Waals surface area contributed by atoms with E-state index in [0.29, 0.717) is 11.5 Å². The number of rotatable bonds is 3. The molecular weight excluding hydrogens is 218 g/mol. The molecule has 0 radical (unpaired) electrons. The summed E-state index contributed by atoms with van der Waals surface area (Å²) in [7, 11) is -1.69. The van der Waals surface area contributed by atoms with E-state index >= 15 is 0 Å². The predicted molar refractivity (Wildman–Crippen MR) is 53.7 cm³/mol. The number of sulfone groups is 1. The van der Waals surface area contributed by atoms with Crippen molar-refractivity contribution in [2.24, 2.45) is 0 Å². The molecule has 1 heterocycles. The summed E-state index contributed by atoms with van der Waals surface area (Å²) in [6.07, 6.45) is 0. The number of fused-ring (bicyclic) bond motifs is 1. The Hall–Kier alpha value is -1.27. The molecule has 1 aliphatic heterocycles. The molecule has 5 nitrogen and oxygen atoms in total. The molecule has 82 valence electrons. The molecule has 0 spiro atoms. The highest BCUT2D eigenvalue weighted by Gasteiger charge is 2.19. The fraction of sp³-hybridized carbons (Fsp3) is 0.333. The molecule has 0 aliphatic carbocycles. The van der Waals surface area contributed by atoms with Crippen LogP contribution in [0.15, 0.2) is 23.1 Å². The highest BCUT2D eigenvalue weighted by atomic mass is 32.2. The van der Waals surface area contributed by atoms with Crippen LogP contribution in [0.4, 0.5) is 0 Å². The zero-order chi connectivity index (χ0) is 10.9. The Morgan fingerprint density at radius 2 is 2.07 bits per heavy atom. The van der Waals surface area contributed by atoms with Crippen LogP contribution >= 0.6 is 0 Å². The van der Waals surface area contributed by atoms with Crippen LogP contribution in [-0.2, 0) is 9.84 Å². The van der Waals surface area contributed by atoms with Crippen LogP contribution in [0, 0.1) is 0 Å². The molecule has 0 unspecified atom stereocenters. The van der Waals surface area contributed by atoms with Crippen LogP contribution in [0.3, 0.4) is 0 Å². The number of hydrogen-bond acceptors (Lipinski definition) is 5. The van der Waals surface area contributed by atoms with Gasteiger partial charge in [-0.25, -0.2) is 8.42 Å². The number of ether oxygens (including phenoxy) is 2. The fourth-order valence-electron chi connectivity index (χ4n) is 1.34. The first kappa shape index (κ1) is 10.3. The van der Waals surface area contributed by atoms with Gasteiger partial charge >= 0.3 is 0 Å². The van der Waals surface area contributed by atoms with Gasteiger partial charge in [0.15, 0.2) is 21.3 Å². The summed E-state index contributed by atoms with van der Waals surface area (Å²) in [6.45, 7) is 0.144. The first-order chi connectivity index (χ1) is 7.13. The molecule has 0 fully saturated rings. The van der Waals surface area contributed by atoms with Crippen LogP contribution < -0.4 is 14.8 Å². The van der Waals surface area contributed by atoms with E-state index in [0.717, 1.165) is 0 Å². The molecule has 0 atom stereocenters. The Balaban J connectivity index is 2.38. The minimum Gasteiger partial charge on any atom is -0.454 e. The maximum Gasteiger partial charge on any atom is 0.231 e. The van der Waals surface area contributed by atoms with Gasteiger partial charge in [-0.1, -0.05) is 0 Å². The molecule has 0 bridgehead atoms. The van der Waals surface area contributed by atoms with Crippen molar-refractivity contribution in [2.75, 3.05) is 19.7 Å². The van der Waals surface area contributed by atoms with Crippen molar-refractivity contribution >= 4 is 9.84 Å². The van der Waals surface area contributed by atoms with E-state index in [1.165, 1.54) is 12.1 Å². The molecule has 0 saturated carbocycles. The second kappa shape index (κ2) is 3.71. The molecule has 0 saturated heterocycles. The Morgan fingerprint density at radius 1 is 1.33 bits per heavy atom. The van der Waals surface area contributed by atoms with Gasteiger partial charge in [0, 0.05) is 6.07 Å². The monoisotopic (exact) mass is 229 g/mol. The van der Waals surface area contributed by atoms with Crippen LogP contribution in [0.1, 0.15) is 0 Å². The average molecular weight is 229 g/mol. The zero-order valence-electron chi connectivity index (χ0n) is 8.19. The number of hydrogen-bond donors (Lipinski definition) is 1. The quantitative estimate of drug-likeness (QED) is 0.811. The van der Waals surface area contributed by atoms with Crippen LogP contribution in [-0.4, -0.2) is 28.1 Å². The smallest absolute Gasteiger partial charge is 0.231 e. The molecule has 6 heteroatoms. The van der Waals surface area contributed by atoms with E-state index in [2.05, 4.69) is 5.32 Å². The summed E-state index contributed by atoms with van der Waals surface area (Å²) in [5.41, 5.74) is 0. The molecule has 1 aliphatic rings. The van der Waals surface area contributed by atoms with Crippen molar-refractivity contribution < 1.29 is 17.9 Å². The summed E-state index contributed by atoms with van der Waals surface area (Å²) in [5.74, 6) is 0.970. The number of nitrogens with one attached hydrogen (secondary N) is 1. The van der Waals surface area contributed by atoms with Crippen molar-refractivity contribution in [3.8, 4) is 11.5 Å². The lowest BCUT2D eigenvalue weighted by molar-refractivity contribution is 0.174. The van der Waals surface area contributed by atoms with Gasteiger partial charge in [-0.2, -0.15) is 0 Å². The lowest BCUT2D eigenvalue weighted by Gasteiger charge is -2.04. The van der Waals surface area contributed by atoms with E-state index < -0.39 is 9.84 Å². The van der Waals surface area contributed by atoms with E-state index in [4.69, 9.17) is 9.47 Å². The summed E-state index contributed by atoms with van der Waals surface area (Å²) < 4.78 is 33.5. The summed E-state index contributed by atoms with van der Waals surface area (Å²) >= 11 is 0. The van der Waals surface area contributed by atoms with Gasteiger partial charge in [-0.05, 0) is 19.2 Å². The molecular formula is C9H11NO4S. The first-order valence-electron chi connectivity index (χ1n) is 4.40. The van der Waals surface area contributed by atoms with Gasteiger partial charge in [0.05, 0.1) is 4.90 Å². The van der Waals surface area contributed by atoms with Crippen molar-refractivity contribution in [2.45, 2.75) is 4.90 Å². The van der Waals surface area contributed by atoms with Gasteiger partial charge < -0.3 is 14.8 Å². The predicted octanol–water partition coefficient (Wildman–Crippen LogP) is 0.366. The third kappa shape index (κ3) is 1.91. The number of benzene rings is 1.